The molecule has 0 spiro atoms. The second kappa shape index (κ2) is 12.2. The number of rotatable bonds is 11. The van der Waals surface area contributed by atoms with Crippen LogP contribution in [0.3, 0.4) is 0 Å². The Morgan fingerprint density at radius 2 is 1.81 bits per heavy atom. The van der Waals surface area contributed by atoms with Crippen molar-refractivity contribution in [3.63, 3.8) is 0 Å². The van der Waals surface area contributed by atoms with Gasteiger partial charge < -0.3 is 25.6 Å². The zero-order valence-electron chi connectivity index (χ0n) is 20.7. The number of amides is 1. The number of aliphatic carboxylic acids is 1. The lowest BCUT2D eigenvalue weighted by Gasteiger charge is -2.26. The van der Waals surface area contributed by atoms with Crippen LogP contribution in [0.4, 0.5) is 4.79 Å². The van der Waals surface area contributed by atoms with E-state index >= 15 is 0 Å². The van der Waals surface area contributed by atoms with Gasteiger partial charge in [-0.05, 0) is 61.9 Å². The summed E-state index contributed by atoms with van der Waals surface area (Å²) in [7, 11) is -2.73. The Morgan fingerprint density at radius 1 is 1.17 bits per heavy atom. The van der Waals surface area contributed by atoms with Crippen LogP contribution in [0.2, 0.25) is 0 Å². The summed E-state index contributed by atoms with van der Waals surface area (Å²) in [6.07, 6.45) is -1.03. The first kappa shape index (κ1) is 28.4. The summed E-state index contributed by atoms with van der Waals surface area (Å²) >= 11 is 0. The Labute approximate surface area is 210 Å². The number of carbonyl (C=O) groups excluding carboxylic acids is 1. The number of benzene rings is 2. The Morgan fingerprint density at radius 3 is 2.36 bits per heavy atom. The van der Waals surface area contributed by atoms with Crippen molar-refractivity contribution in [2.75, 3.05) is 13.7 Å². The highest BCUT2D eigenvalue weighted by Gasteiger charge is 2.31. The predicted molar refractivity (Wildman–Crippen MR) is 133 cm³/mol. The van der Waals surface area contributed by atoms with Crippen LogP contribution in [0.15, 0.2) is 41.3 Å². The maximum atomic E-state index is 13.4. The molecule has 0 aliphatic heterocycles. The zero-order valence-corrected chi connectivity index (χ0v) is 21.5. The number of sulfonamides is 1. The molecule has 2 aromatic rings. The van der Waals surface area contributed by atoms with Crippen molar-refractivity contribution >= 4 is 28.0 Å². The summed E-state index contributed by atoms with van der Waals surface area (Å²) in [5.41, 5.74) is 7.86. The molecule has 2 aromatic carbocycles. The van der Waals surface area contributed by atoms with Crippen LogP contribution < -0.4 is 15.8 Å². The number of carbonyl (C=O) groups is 2. The molecule has 0 aliphatic carbocycles. The van der Waals surface area contributed by atoms with Crippen molar-refractivity contribution in [2.24, 2.45) is 5.73 Å². The van der Waals surface area contributed by atoms with Gasteiger partial charge >= 0.3 is 12.1 Å². The van der Waals surface area contributed by atoms with E-state index in [1.165, 1.54) is 7.11 Å². The van der Waals surface area contributed by atoms with Gasteiger partial charge in [-0.2, -0.15) is 0 Å². The highest BCUT2D eigenvalue weighted by molar-refractivity contribution is 7.89. The number of ether oxygens (including phenoxy) is 2. The molecule has 0 heterocycles. The minimum absolute atomic E-state index is 0.00196. The summed E-state index contributed by atoms with van der Waals surface area (Å²) in [6, 6.07) is 9.16. The van der Waals surface area contributed by atoms with Gasteiger partial charge in [0, 0.05) is 6.54 Å². The van der Waals surface area contributed by atoms with E-state index in [-0.39, 0.29) is 30.9 Å². The third-order valence-electron chi connectivity index (χ3n) is 5.67. The number of nitrogens with zero attached hydrogens (tertiary/aromatic N) is 1. The van der Waals surface area contributed by atoms with E-state index in [1.807, 2.05) is 6.07 Å². The lowest BCUT2D eigenvalue weighted by molar-refractivity contribution is -0.139. The van der Waals surface area contributed by atoms with E-state index in [4.69, 9.17) is 20.6 Å². The molecule has 0 bridgehead atoms. The molecular formula is C24H32N4O7S. The van der Waals surface area contributed by atoms with Crippen molar-refractivity contribution < 1.29 is 32.6 Å². The molecule has 2 rings (SSSR count). The lowest BCUT2D eigenvalue weighted by atomic mass is 10.1. The second-order valence-corrected chi connectivity index (χ2v) is 9.98. The van der Waals surface area contributed by atoms with Crippen LogP contribution in [0, 0.1) is 26.2 Å². The normalized spacial score (nSPS) is 11.9. The Kier molecular flexibility index (Phi) is 9.68. The number of methoxy groups -OCH3 is 1. The maximum absolute atomic E-state index is 13.4. The van der Waals surface area contributed by atoms with Gasteiger partial charge in [0.25, 0.3) is 10.0 Å². The number of hydrogen-bond acceptors (Lipinski definition) is 7. The summed E-state index contributed by atoms with van der Waals surface area (Å²) < 4.78 is 37.9. The van der Waals surface area contributed by atoms with E-state index in [2.05, 4.69) is 5.32 Å². The molecule has 0 fully saturated rings. The summed E-state index contributed by atoms with van der Waals surface area (Å²) in [6.45, 7) is 4.69. The molecule has 0 unspecified atom stereocenters. The molecule has 11 nitrogen and oxygen atoms in total. The number of nitrogens with two attached hydrogens (primary N) is 1. The number of carboxylic acids is 1. The van der Waals surface area contributed by atoms with Gasteiger partial charge in [-0.3, -0.25) is 5.41 Å². The molecule has 0 saturated heterocycles. The summed E-state index contributed by atoms with van der Waals surface area (Å²) in [5, 5.41) is 19.6. The topological polar surface area (TPSA) is 172 Å². The number of nitrogens with one attached hydrogen (secondary N) is 2. The molecule has 36 heavy (non-hydrogen) atoms. The SMILES string of the molecule is COc1cc(C)c(S(=O)(=O)N(CCC[C@@H](NC(=O)OCc2ccccc2)C(=O)O)C(=N)N)c(C)c1C. The van der Waals surface area contributed by atoms with Crippen molar-refractivity contribution in [2.45, 2.75) is 51.2 Å². The highest BCUT2D eigenvalue weighted by atomic mass is 32.2. The molecule has 0 aromatic heterocycles. The first-order chi connectivity index (χ1) is 16.9. The van der Waals surface area contributed by atoms with Crippen LogP contribution in [0.5, 0.6) is 5.75 Å². The number of guanidine groups is 1. The Bertz CT molecular complexity index is 1220. The van der Waals surface area contributed by atoms with E-state index in [1.54, 1.807) is 51.1 Å². The van der Waals surface area contributed by atoms with Crippen LogP contribution in [-0.2, 0) is 26.2 Å². The molecule has 12 heteroatoms. The summed E-state index contributed by atoms with van der Waals surface area (Å²) in [4.78, 5) is 23.7. The monoisotopic (exact) mass is 520 g/mol. The molecule has 1 atom stereocenters. The third-order valence-corrected chi connectivity index (χ3v) is 7.78. The van der Waals surface area contributed by atoms with Crippen molar-refractivity contribution in [3.05, 3.63) is 58.7 Å². The molecule has 0 saturated carbocycles. The Balaban J connectivity index is 2.10. The van der Waals surface area contributed by atoms with E-state index < -0.39 is 34.1 Å². The first-order valence-electron chi connectivity index (χ1n) is 11.1. The van der Waals surface area contributed by atoms with E-state index in [0.29, 0.717) is 22.4 Å². The molecular weight excluding hydrogens is 488 g/mol. The van der Waals surface area contributed by atoms with Crippen LogP contribution in [-0.4, -0.2) is 55.5 Å². The van der Waals surface area contributed by atoms with Crippen molar-refractivity contribution in [1.29, 1.82) is 5.41 Å². The number of aryl methyl sites for hydroxylation is 1. The molecule has 5 N–H and O–H groups in total. The number of alkyl carbamates (subject to hydrolysis) is 1. The zero-order chi connectivity index (χ0) is 27.0. The third kappa shape index (κ3) is 6.87. The second-order valence-electron chi connectivity index (χ2n) is 8.18. The van der Waals surface area contributed by atoms with E-state index in [9.17, 15) is 23.1 Å². The minimum atomic E-state index is -4.22. The lowest BCUT2D eigenvalue weighted by Crippen LogP contribution is -2.44. The molecule has 1 amide bonds. The van der Waals surface area contributed by atoms with Gasteiger partial charge in [-0.15, -0.1) is 0 Å². The van der Waals surface area contributed by atoms with Crippen molar-refractivity contribution in [3.8, 4) is 5.75 Å². The molecule has 196 valence electrons. The number of carboxylic acid groups (broad SMARTS) is 1. The van der Waals surface area contributed by atoms with Gasteiger partial charge in [0.05, 0.1) is 12.0 Å². The van der Waals surface area contributed by atoms with Gasteiger partial charge in [-0.1, -0.05) is 30.3 Å². The molecule has 0 radical (unpaired) electrons. The standard InChI is InChI=1S/C24H32N4O7S/c1-15-13-20(34-4)16(2)17(3)21(15)36(32,33)28(23(25)26)12-8-11-19(22(29)30)27-24(31)35-14-18-9-6-5-7-10-18/h5-7,9-10,13,19H,8,11-12,14H2,1-4H3,(H3,25,26)(H,27,31)(H,29,30)/t19-/m1/s1. The average molecular weight is 521 g/mol. The highest BCUT2D eigenvalue weighted by Crippen LogP contribution is 2.32. The van der Waals surface area contributed by atoms with Gasteiger partial charge in [0.1, 0.15) is 18.4 Å². The minimum Gasteiger partial charge on any atom is -0.496 e. The fourth-order valence-electron chi connectivity index (χ4n) is 3.71. The largest absolute Gasteiger partial charge is 0.496 e. The predicted octanol–water partition coefficient (Wildman–Crippen LogP) is 2.66. The molecule has 0 aliphatic rings. The average Bonchev–Trinajstić information content (AvgIpc) is 2.81. The maximum Gasteiger partial charge on any atom is 0.408 e. The van der Waals surface area contributed by atoms with Gasteiger partial charge in [0.2, 0.25) is 5.96 Å². The van der Waals surface area contributed by atoms with E-state index in [0.717, 1.165) is 9.87 Å². The smallest absolute Gasteiger partial charge is 0.408 e. The van der Waals surface area contributed by atoms with Crippen LogP contribution >= 0.6 is 0 Å². The fourth-order valence-corrected chi connectivity index (χ4v) is 5.57. The van der Waals surface area contributed by atoms with Crippen molar-refractivity contribution in [1.82, 2.24) is 9.62 Å². The Hall–Kier alpha value is -3.80. The van der Waals surface area contributed by atoms with Crippen LogP contribution in [0.25, 0.3) is 0 Å². The quantitative estimate of drug-likeness (QED) is 0.258. The van der Waals surface area contributed by atoms with Crippen LogP contribution in [0.1, 0.15) is 35.1 Å². The fraction of sp³-hybridized carbons (Fsp3) is 0.375. The first-order valence-corrected chi connectivity index (χ1v) is 12.6. The van der Waals surface area contributed by atoms with Gasteiger partial charge in [0.15, 0.2) is 0 Å². The summed E-state index contributed by atoms with van der Waals surface area (Å²) in [5.74, 6) is -1.47. The number of hydrogen-bond donors (Lipinski definition) is 4. The van der Waals surface area contributed by atoms with Gasteiger partial charge in [-0.25, -0.2) is 22.3 Å².